The highest BCUT2D eigenvalue weighted by Gasteiger charge is 2.07. The van der Waals surface area contributed by atoms with Crippen molar-refractivity contribution < 1.29 is 9.90 Å². The van der Waals surface area contributed by atoms with Crippen LogP contribution in [0.5, 0.6) is 5.88 Å². The van der Waals surface area contributed by atoms with E-state index in [1.165, 1.54) is 0 Å². The minimum absolute atomic E-state index is 0.113. The van der Waals surface area contributed by atoms with E-state index in [1.54, 1.807) is 0 Å². The lowest BCUT2D eigenvalue weighted by Crippen LogP contribution is -2.14. The monoisotopic (exact) mass is 157 g/mol. The van der Waals surface area contributed by atoms with E-state index < -0.39 is 11.6 Å². The first kappa shape index (κ1) is 7.39. The molecule has 0 radical (unpaired) electrons. The van der Waals surface area contributed by atoms with Crippen molar-refractivity contribution in [3.05, 3.63) is 16.2 Å². The molecule has 0 spiro atoms. The van der Waals surface area contributed by atoms with Gasteiger partial charge in [-0.15, -0.1) is 0 Å². The summed E-state index contributed by atoms with van der Waals surface area (Å²) in [5.41, 5.74) is 4.37. The molecular weight excluding hydrogens is 150 g/mol. The second kappa shape index (κ2) is 2.49. The topological polar surface area (TPSA) is 112 Å². The van der Waals surface area contributed by atoms with Gasteiger partial charge in [0.1, 0.15) is 0 Å². The molecule has 0 fully saturated rings. The number of nitrogens with one attached hydrogen (secondary N) is 2. The highest BCUT2D eigenvalue weighted by atomic mass is 16.3. The number of H-pyrrole nitrogens is 2. The number of hydrogen-bond acceptors (Lipinski definition) is 3. The third-order valence-electron chi connectivity index (χ3n) is 1.13. The van der Waals surface area contributed by atoms with Gasteiger partial charge in [0.2, 0.25) is 11.8 Å². The van der Waals surface area contributed by atoms with Crippen LogP contribution in [-0.2, 0) is 11.2 Å². The van der Waals surface area contributed by atoms with Crippen LogP contribution in [0.3, 0.4) is 0 Å². The van der Waals surface area contributed by atoms with Gasteiger partial charge in [0, 0.05) is 0 Å². The van der Waals surface area contributed by atoms with Gasteiger partial charge in [-0.1, -0.05) is 0 Å². The van der Waals surface area contributed by atoms with Crippen molar-refractivity contribution in [2.45, 2.75) is 6.42 Å². The smallest absolute Gasteiger partial charge is 0.325 e. The van der Waals surface area contributed by atoms with Crippen LogP contribution in [-0.4, -0.2) is 21.0 Å². The molecular formula is C5H7N3O3. The molecule has 0 aliphatic carbocycles. The van der Waals surface area contributed by atoms with Crippen molar-refractivity contribution in [3.63, 3.8) is 0 Å². The maximum absolute atomic E-state index is 10.5. The summed E-state index contributed by atoms with van der Waals surface area (Å²) in [5, 5.41) is 8.89. The first-order valence-corrected chi connectivity index (χ1v) is 2.88. The fraction of sp³-hybridized carbons (Fsp3) is 0.200. The minimum Gasteiger partial charge on any atom is -0.493 e. The van der Waals surface area contributed by atoms with Gasteiger partial charge in [-0.05, 0) is 0 Å². The molecule has 1 rings (SSSR count). The van der Waals surface area contributed by atoms with Crippen LogP contribution in [0, 0.1) is 0 Å². The van der Waals surface area contributed by atoms with E-state index in [9.17, 15) is 9.59 Å². The summed E-state index contributed by atoms with van der Waals surface area (Å²) in [7, 11) is 0. The van der Waals surface area contributed by atoms with E-state index in [2.05, 4.69) is 4.98 Å². The third kappa shape index (κ3) is 1.60. The SMILES string of the molecule is NC(=O)Cc1[nH]c(=O)[nH]c1O. The summed E-state index contributed by atoms with van der Waals surface area (Å²) in [4.78, 5) is 25.0. The molecule has 1 aromatic heterocycles. The van der Waals surface area contributed by atoms with Crippen LogP contribution in [0.25, 0.3) is 0 Å². The molecule has 60 valence electrons. The molecule has 0 aliphatic heterocycles. The largest absolute Gasteiger partial charge is 0.493 e. The molecule has 0 aromatic carbocycles. The van der Waals surface area contributed by atoms with Crippen molar-refractivity contribution in [2.75, 3.05) is 0 Å². The molecule has 1 heterocycles. The Kier molecular flexibility index (Phi) is 1.67. The van der Waals surface area contributed by atoms with Crippen molar-refractivity contribution >= 4 is 5.91 Å². The Balaban J connectivity index is 2.94. The van der Waals surface area contributed by atoms with E-state index in [0.29, 0.717) is 0 Å². The minimum atomic E-state index is -0.615. The Morgan fingerprint density at radius 3 is 2.55 bits per heavy atom. The van der Waals surface area contributed by atoms with Gasteiger partial charge in [-0.3, -0.25) is 9.78 Å². The van der Waals surface area contributed by atoms with Crippen molar-refractivity contribution in [2.24, 2.45) is 5.73 Å². The van der Waals surface area contributed by atoms with Gasteiger partial charge in [-0.2, -0.15) is 0 Å². The van der Waals surface area contributed by atoms with Gasteiger partial charge in [0.15, 0.2) is 0 Å². The lowest BCUT2D eigenvalue weighted by Gasteiger charge is -1.90. The maximum Gasteiger partial charge on any atom is 0.325 e. The number of aromatic amines is 2. The van der Waals surface area contributed by atoms with Crippen LogP contribution in [0.1, 0.15) is 5.69 Å². The summed E-state index contributed by atoms with van der Waals surface area (Å²) in [6.07, 6.45) is -0.176. The number of hydrogen-bond donors (Lipinski definition) is 4. The number of carbonyl (C=O) groups excluding carboxylic acids is 1. The average Bonchev–Trinajstić information content (AvgIpc) is 2.09. The molecule has 5 N–H and O–H groups in total. The number of carbonyl (C=O) groups is 1. The molecule has 11 heavy (non-hydrogen) atoms. The van der Waals surface area contributed by atoms with Gasteiger partial charge in [0.25, 0.3) is 0 Å². The molecule has 6 nitrogen and oxygen atoms in total. The number of nitrogens with two attached hydrogens (primary N) is 1. The summed E-state index contributed by atoms with van der Waals surface area (Å²) in [6.45, 7) is 0. The lowest BCUT2D eigenvalue weighted by atomic mass is 10.3. The standard InChI is InChI=1S/C5H7N3O3/c6-3(9)1-2-4(10)8-5(11)7-2/h10H,1H2,(H2,6,9)(H2,7,8,11). The van der Waals surface area contributed by atoms with Crippen molar-refractivity contribution in [1.82, 2.24) is 9.97 Å². The zero-order chi connectivity index (χ0) is 8.43. The van der Waals surface area contributed by atoms with Crippen LogP contribution >= 0.6 is 0 Å². The van der Waals surface area contributed by atoms with Crippen molar-refractivity contribution in [3.8, 4) is 5.88 Å². The highest BCUT2D eigenvalue weighted by Crippen LogP contribution is 2.06. The van der Waals surface area contributed by atoms with Crippen LogP contribution in [0.2, 0.25) is 0 Å². The number of rotatable bonds is 2. The summed E-state index contributed by atoms with van der Waals surface area (Å²) < 4.78 is 0. The Bertz CT molecular complexity index is 324. The molecule has 0 aliphatic rings. The molecule has 0 bridgehead atoms. The molecule has 0 unspecified atom stereocenters. The molecule has 0 saturated carbocycles. The van der Waals surface area contributed by atoms with E-state index in [1.807, 2.05) is 4.98 Å². The molecule has 0 saturated heterocycles. The van der Waals surface area contributed by atoms with E-state index in [4.69, 9.17) is 10.8 Å². The number of primary amides is 1. The number of amides is 1. The predicted octanol–water partition coefficient (Wildman–Crippen LogP) is -1.56. The Morgan fingerprint density at radius 2 is 2.18 bits per heavy atom. The number of aromatic nitrogens is 2. The molecule has 1 aromatic rings. The van der Waals surface area contributed by atoms with Gasteiger partial charge in [-0.25, -0.2) is 4.79 Å². The Hall–Kier alpha value is -1.72. The van der Waals surface area contributed by atoms with Crippen LogP contribution in [0.15, 0.2) is 4.79 Å². The summed E-state index contributed by atoms with van der Waals surface area (Å²) in [5.74, 6) is -0.954. The van der Waals surface area contributed by atoms with Gasteiger partial charge in [0.05, 0.1) is 12.1 Å². The third-order valence-corrected chi connectivity index (χ3v) is 1.13. The summed E-state index contributed by atoms with van der Waals surface area (Å²) in [6, 6.07) is 0. The maximum atomic E-state index is 10.5. The van der Waals surface area contributed by atoms with E-state index in [-0.39, 0.29) is 18.0 Å². The molecule has 6 heteroatoms. The second-order valence-electron chi connectivity index (χ2n) is 2.05. The highest BCUT2D eigenvalue weighted by molar-refractivity contribution is 5.76. The second-order valence-corrected chi connectivity index (χ2v) is 2.05. The lowest BCUT2D eigenvalue weighted by molar-refractivity contribution is -0.117. The fourth-order valence-corrected chi connectivity index (χ4v) is 0.713. The average molecular weight is 157 g/mol. The normalized spacial score (nSPS) is 9.82. The van der Waals surface area contributed by atoms with Crippen LogP contribution in [0.4, 0.5) is 0 Å². The summed E-state index contributed by atoms with van der Waals surface area (Å²) >= 11 is 0. The number of imidazole rings is 1. The molecule has 0 atom stereocenters. The first-order chi connectivity index (χ1) is 5.09. The van der Waals surface area contributed by atoms with E-state index >= 15 is 0 Å². The van der Waals surface area contributed by atoms with Gasteiger partial charge < -0.3 is 15.8 Å². The van der Waals surface area contributed by atoms with Crippen molar-refractivity contribution in [1.29, 1.82) is 0 Å². The Morgan fingerprint density at radius 1 is 1.55 bits per heavy atom. The number of aromatic hydroxyl groups is 1. The zero-order valence-electron chi connectivity index (χ0n) is 5.55. The quantitative estimate of drug-likeness (QED) is 0.416. The van der Waals surface area contributed by atoms with Crippen LogP contribution < -0.4 is 11.4 Å². The fourth-order valence-electron chi connectivity index (χ4n) is 0.713. The van der Waals surface area contributed by atoms with E-state index in [0.717, 1.165) is 0 Å². The predicted molar refractivity (Wildman–Crippen MR) is 36.0 cm³/mol. The zero-order valence-corrected chi connectivity index (χ0v) is 5.55. The Labute approximate surface area is 61.0 Å². The van der Waals surface area contributed by atoms with Gasteiger partial charge >= 0.3 is 5.69 Å². The molecule has 1 amide bonds. The first-order valence-electron chi connectivity index (χ1n) is 2.88.